The number of allylic oxidation sites excluding steroid dienone is 1. The van der Waals surface area contributed by atoms with Gasteiger partial charge in [0.1, 0.15) is 11.8 Å². The molecule has 10 nitrogen and oxygen atoms in total. The number of aromatic nitrogens is 1. The number of aromatic hydroxyl groups is 1. The van der Waals surface area contributed by atoms with Gasteiger partial charge >= 0.3 is 5.69 Å². The van der Waals surface area contributed by atoms with Crippen molar-refractivity contribution in [2.24, 2.45) is 4.99 Å². The van der Waals surface area contributed by atoms with Crippen LogP contribution in [0, 0.1) is 13.7 Å². The zero-order chi connectivity index (χ0) is 30.3. The number of amides is 1. The highest BCUT2D eigenvalue weighted by Crippen LogP contribution is 2.40. The van der Waals surface area contributed by atoms with Crippen molar-refractivity contribution < 1.29 is 19.6 Å². The molecule has 0 fully saturated rings. The molecule has 0 radical (unpaired) electrons. The minimum atomic E-state index is -0.841. The number of fused-ring (bicyclic) bond motifs is 2. The van der Waals surface area contributed by atoms with E-state index in [-0.39, 0.29) is 14.0 Å². The molecule has 4 aromatic rings. The lowest BCUT2D eigenvalue weighted by Crippen LogP contribution is -2.43. The first-order valence-corrected chi connectivity index (χ1v) is 15.0. The highest BCUT2D eigenvalue weighted by atomic mass is 127. The Morgan fingerprint density at radius 2 is 1.95 bits per heavy atom. The number of phenolic OH excluding ortho intramolecular Hbond substituents is 1. The summed E-state index contributed by atoms with van der Waals surface area (Å²) in [5.41, 5.74) is 1.06. The fraction of sp³-hybridized carbons (Fsp3) is 0.233. The van der Waals surface area contributed by atoms with Crippen LogP contribution in [0.5, 0.6) is 11.5 Å². The highest BCUT2D eigenvalue weighted by Gasteiger charge is 2.36. The molecule has 1 aromatic heterocycles. The standard InChI is InChI=1S/C30H27IN4O6S/c1-5-33(6-2)29(38)24-16(3)32-30-34(26(24)25-19-10-8-7-9-18(19)11-12-22(25)41-4)28(37)23(42-30)15-17-13-20(31)27(36)21(14-17)35(39)40/h7-15,26,36H,5-6H2,1-4H3/b23-15+/t26-/m0/s1. The van der Waals surface area contributed by atoms with Gasteiger partial charge < -0.3 is 14.7 Å². The molecule has 2 heterocycles. The van der Waals surface area contributed by atoms with Crippen LogP contribution in [0.15, 0.2) is 69.6 Å². The van der Waals surface area contributed by atoms with E-state index in [9.17, 15) is 24.8 Å². The highest BCUT2D eigenvalue weighted by molar-refractivity contribution is 14.1. The van der Waals surface area contributed by atoms with E-state index < -0.39 is 28.0 Å². The Bertz CT molecular complexity index is 1980. The van der Waals surface area contributed by atoms with Gasteiger partial charge in [-0.2, -0.15) is 0 Å². The average Bonchev–Trinajstić information content (AvgIpc) is 3.27. The quantitative estimate of drug-likeness (QED) is 0.172. The molecule has 5 rings (SSSR count). The van der Waals surface area contributed by atoms with Crippen LogP contribution in [0.2, 0.25) is 0 Å². The van der Waals surface area contributed by atoms with Crippen LogP contribution in [-0.4, -0.2) is 45.6 Å². The maximum atomic E-state index is 14.2. The number of likely N-dealkylation sites (N-methyl/N-ethyl adjacent to an activating group) is 1. The number of methoxy groups -OCH3 is 1. The third kappa shape index (κ3) is 4.98. The van der Waals surface area contributed by atoms with Crippen molar-refractivity contribution in [3.8, 4) is 11.5 Å². The summed E-state index contributed by atoms with van der Waals surface area (Å²) in [5.74, 6) is -0.131. The van der Waals surface area contributed by atoms with Crippen LogP contribution < -0.4 is 19.6 Å². The molecule has 0 unspecified atom stereocenters. The van der Waals surface area contributed by atoms with Gasteiger partial charge in [-0.05, 0) is 77.9 Å². The summed E-state index contributed by atoms with van der Waals surface area (Å²) in [6.45, 7) is 6.53. The lowest BCUT2D eigenvalue weighted by atomic mass is 9.90. The van der Waals surface area contributed by atoms with Crippen LogP contribution in [0.4, 0.5) is 5.69 Å². The third-order valence-electron chi connectivity index (χ3n) is 7.29. The van der Waals surface area contributed by atoms with Crippen LogP contribution in [0.25, 0.3) is 16.8 Å². The number of phenols is 1. The molecule has 0 aliphatic carbocycles. The Morgan fingerprint density at radius 1 is 1.24 bits per heavy atom. The normalized spacial score (nSPS) is 15.0. The van der Waals surface area contributed by atoms with Gasteiger partial charge in [-0.25, -0.2) is 4.99 Å². The largest absolute Gasteiger partial charge is 0.501 e. The number of halogens is 1. The molecular weight excluding hydrogens is 671 g/mol. The minimum absolute atomic E-state index is 0.223. The van der Waals surface area contributed by atoms with Crippen LogP contribution in [0.3, 0.4) is 0 Å². The van der Waals surface area contributed by atoms with Gasteiger partial charge in [0.25, 0.3) is 11.5 Å². The Balaban J connectivity index is 1.85. The number of ether oxygens (including phenoxy) is 1. The smallest absolute Gasteiger partial charge is 0.312 e. The first-order valence-electron chi connectivity index (χ1n) is 13.2. The summed E-state index contributed by atoms with van der Waals surface area (Å²) in [4.78, 5) is 45.9. The molecule has 1 amide bonds. The van der Waals surface area contributed by atoms with Gasteiger partial charge in [-0.15, -0.1) is 0 Å². The summed E-state index contributed by atoms with van der Waals surface area (Å²) < 4.78 is 7.89. The molecule has 1 aliphatic heterocycles. The van der Waals surface area contributed by atoms with E-state index in [1.165, 1.54) is 10.6 Å². The predicted molar refractivity (Wildman–Crippen MR) is 170 cm³/mol. The topological polar surface area (TPSA) is 127 Å². The number of carbonyl (C=O) groups is 1. The molecule has 0 bridgehead atoms. The number of thiazole rings is 1. The van der Waals surface area contributed by atoms with Crippen molar-refractivity contribution in [1.82, 2.24) is 9.47 Å². The van der Waals surface area contributed by atoms with E-state index in [2.05, 4.69) is 0 Å². The van der Waals surface area contributed by atoms with Gasteiger partial charge in [-0.3, -0.25) is 24.3 Å². The van der Waals surface area contributed by atoms with Gasteiger partial charge in [0.15, 0.2) is 4.80 Å². The van der Waals surface area contributed by atoms with Gasteiger partial charge in [0.05, 0.1) is 31.4 Å². The van der Waals surface area contributed by atoms with E-state index in [4.69, 9.17) is 9.73 Å². The molecule has 216 valence electrons. The summed E-state index contributed by atoms with van der Waals surface area (Å²) in [7, 11) is 1.55. The van der Waals surface area contributed by atoms with Crippen LogP contribution in [-0.2, 0) is 4.79 Å². The van der Waals surface area contributed by atoms with Crippen molar-refractivity contribution in [3.63, 3.8) is 0 Å². The molecule has 1 N–H and O–H groups in total. The van der Waals surface area contributed by atoms with Crippen molar-refractivity contribution >= 4 is 62.4 Å². The Hall–Kier alpha value is -4.04. The SMILES string of the molecule is CCN(CC)C(=O)C1=C(C)N=c2s/c(=C/c3cc(I)c(O)c([N+](=O)[O-])c3)c(=O)n2[C@@H]1c1c(OC)ccc2ccccc12. The fourth-order valence-corrected chi connectivity index (χ4v) is 6.95. The van der Waals surface area contributed by atoms with Gasteiger partial charge in [0, 0.05) is 24.7 Å². The van der Waals surface area contributed by atoms with E-state index in [0.717, 1.165) is 22.1 Å². The molecule has 12 heteroatoms. The van der Waals surface area contributed by atoms with Crippen LogP contribution >= 0.6 is 33.9 Å². The summed E-state index contributed by atoms with van der Waals surface area (Å²) in [6.07, 6.45) is 1.54. The lowest BCUT2D eigenvalue weighted by molar-refractivity contribution is -0.386. The number of hydrogen-bond acceptors (Lipinski definition) is 8. The van der Waals surface area contributed by atoms with E-state index in [1.807, 2.05) is 72.8 Å². The second-order valence-electron chi connectivity index (χ2n) is 9.59. The molecular formula is C30H27IN4O6S. The summed E-state index contributed by atoms with van der Waals surface area (Å²) in [6, 6.07) is 13.4. The van der Waals surface area contributed by atoms with Crippen molar-refractivity contribution in [1.29, 1.82) is 0 Å². The van der Waals surface area contributed by atoms with Gasteiger partial charge in [-0.1, -0.05) is 41.7 Å². The zero-order valence-electron chi connectivity index (χ0n) is 23.3. The monoisotopic (exact) mass is 698 g/mol. The van der Waals surface area contributed by atoms with Gasteiger partial charge in [0.2, 0.25) is 5.75 Å². The number of carbonyl (C=O) groups excluding carboxylic acids is 1. The molecule has 1 aliphatic rings. The predicted octanol–water partition coefficient (Wildman–Crippen LogP) is 4.48. The number of benzene rings is 3. The molecule has 42 heavy (non-hydrogen) atoms. The van der Waals surface area contributed by atoms with Crippen molar-refractivity contribution in [3.05, 3.63) is 104 Å². The van der Waals surface area contributed by atoms with Crippen LogP contribution in [0.1, 0.15) is 37.9 Å². The zero-order valence-corrected chi connectivity index (χ0v) is 26.2. The number of rotatable bonds is 7. The van der Waals surface area contributed by atoms with E-state index in [1.54, 1.807) is 31.1 Å². The number of hydrogen-bond donors (Lipinski definition) is 1. The first kappa shape index (κ1) is 29.5. The Morgan fingerprint density at radius 3 is 2.62 bits per heavy atom. The molecule has 3 aromatic carbocycles. The van der Waals surface area contributed by atoms with Crippen molar-refractivity contribution in [2.45, 2.75) is 26.8 Å². The Kier molecular flexibility index (Phi) is 8.19. The first-order chi connectivity index (χ1) is 20.1. The molecule has 1 atom stereocenters. The maximum Gasteiger partial charge on any atom is 0.312 e. The second-order valence-corrected chi connectivity index (χ2v) is 11.8. The number of nitro groups is 1. The average molecular weight is 699 g/mol. The molecule has 0 saturated heterocycles. The number of nitro benzene ring substituents is 1. The van der Waals surface area contributed by atoms with E-state index >= 15 is 0 Å². The molecule has 0 saturated carbocycles. The summed E-state index contributed by atoms with van der Waals surface area (Å²) in [5, 5.41) is 23.4. The third-order valence-corrected chi connectivity index (χ3v) is 9.09. The van der Waals surface area contributed by atoms with E-state index in [0.29, 0.717) is 46.0 Å². The second kappa shape index (κ2) is 11.7. The fourth-order valence-electron chi connectivity index (χ4n) is 5.26. The Labute approximate surface area is 258 Å². The number of nitrogens with zero attached hydrogens (tertiary/aromatic N) is 4. The minimum Gasteiger partial charge on any atom is -0.501 e. The van der Waals surface area contributed by atoms with Crippen molar-refractivity contribution in [2.75, 3.05) is 20.2 Å². The summed E-state index contributed by atoms with van der Waals surface area (Å²) >= 11 is 2.94. The molecule has 0 spiro atoms. The lowest BCUT2D eigenvalue weighted by Gasteiger charge is -2.30. The maximum absolute atomic E-state index is 14.2.